The third kappa shape index (κ3) is 6.85. The van der Waals surface area contributed by atoms with Gasteiger partial charge in [0.15, 0.2) is 0 Å². The Kier molecular flexibility index (Phi) is 9.77. The van der Waals surface area contributed by atoms with Crippen molar-refractivity contribution in [1.29, 1.82) is 0 Å². The zero-order valence-electron chi connectivity index (χ0n) is 21.8. The zero-order valence-corrected chi connectivity index (χ0v) is 23.4. The number of benzene rings is 3. The summed E-state index contributed by atoms with van der Waals surface area (Å²) < 4.78 is 33.8. The maximum Gasteiger partial charge on any atom is 0.264 e. The van der Waals surface area contributed by atoms with Gasteiger partial charge in [-0.1, -0.05) is 54.4 Å². The second-order valence-corrected chi connectivity index (χ2v) is 11.0. The molecule has 1 N–H and O–H groups in total. The summed E-state index contributed by atoms with van der Waals surface area (Å²) in [5.74, 6) is -0.224. The molecule has 0 aliphatic rings. The molecule has 38 heavy (non-hydrogen) atoms. The summed E-state index contributed by atoms with van der Waals surface area (Å²) in [4.78, 5) is 28.1. The lowest BCUT2D eigenvalue weighted by Gasteiger charge is -2.33. The SMILES string of the molecule is CC[C@H](C(=O)NC)N(Cc1ccc(OC)cc1)C(=O)CN(c1cccc(Cl)c1)S(=O)(=O)c1ccc(C)cc1. The Morgan fingerprint density at radius 3 is 2.24 bits per heavy atom. The van der Waals surface area contributed by atoms with E-state index in [1.54, 1.807) is 68.6 Å². The molecule has 0 aliphatic carbocycles. The molecule has 0 saturated heterocycles. The van der Waals surface area contributed by atoms with Gasteiger partial charge in [0.05, 0.1) is 17.7 Å². The standard InChI is InChI=1S/C28H32ClN3O5S/c1-5-26(28(34)30-3)31(18-21-11-13-24(37-4)14-12-21)27(33)19-32(23-8-6-7-22(29)17-23)38(35,36)25-15-9-20(2)10-16-25/h6-17,26H,5,18-19H2,1-4H3,(H,30,34)/t26-/m1/s1. The quantitative estimate of drug-likeness (QED) is 0.377. The molecule has 10 heteroatoms. The molecule has 0 aliphatic heterocycles. The molecule has 0 saturated carbocycles. The number of halogens is 1. The molecule has 3 rings (SSSR count). The van der Waals surface area contributed by atoms with Crippen molar-refractivity contribution >= 4 is 39.1 Å². The highest BCUT2D eigenvalue weighted by molar-refractivity contribution is 7.92. The van der Waals surface area contributed by atoms with Crippen LogP contribution in [0.15, 0.2) is 77.7 Å². The number of nitrogens with zero attached hydrogens (tertiary/aromatic N) is 2. The molecule has 0 fully saturated rings. The van der Waals surface area contributed by atoms with Gasteiger partial charge in [0.25, 0.3) is 10.0 Å². The third-order valence-corrected chi connectivity index (χ3v) is 8.15. The molecular weight excluding hydrogens is 526 g/mol. The summed E-state index contributed by atoms with van der Waals surface area (Å²) >= 11 is 6.19. The van der Waals surface area contributed by atoms with Crippen LogP contribution in [0.3, 0.4) is 0 Å². The number of ether oxygens (including phenoxy) is 1. The second kappa shape index (κ2) is 12.8. The first-order valence-corrected chi connectivity index (χ1v) is 13.9. The molecule has 0 unspecified atom stereocenters. The number of carbonyl (C=O) groups is 2. The minimum absolute atomic E-state index is 0.0379. The van der Waals surface area contributed by atoms with Crippen LogP contribution in [0.4, 0.5) is 5.69 Å². The molecule has 0 aromatic heterocycles. The number of carbonyl (C=O) groups excluding carboxylic acids is 2. The summed E-state index contributed by atoms with van der Waals surface area (Å²) in [6.45, 7) is 3.23. The zero-order chi connectivity index (χ0) is 27.9. The number of methoxy groups -OCH3 is 1. The Bertz CT molecular complexity index is 1360. The van der Waals surface area contributed by atoms with Crippen LogP contribution in [-0.4, -0.2) is 51.9 Å². The van der Waals surface area contributed by atoms with Gasteiger partial charge >= 0.3 is 0 Å². The number of sulfonamides is 1. The van der Waals surface area contributed by atoms with E-state index < -0.39 is 28.5 Å². The highest BCUT2D eigenvalue weighted by Gasteiger charge is 2.33. The second-order valence-electron chi connectivity index (χ2n) is 8.71. The largest absolute Gasteiger partial charge is 0.497 e. The fraction of sp³-hybridized carbons (Fsp3) is 0.286. The van der Waals surface area contributed by atoms with Gasteiger partial charge in [-0.3, -0.25) is 13.9 Å². The predicted octanol–water partition coefficient (Wildman–Crippen LogP) is 4.41. The van der Waals surface area contributed by atoms with Crippen LogP contribution in [0.5, 0.6) is 5.75 Å². The summed E-state index contributed by atoms with van der Waals surface area (Å²) in [5, 5.41) is 2.93. The first-order valence-electron chi connectivity index (χ1n) is 12.1. The number of aryl methyl sites for hydroxylation is 1. The van der Waals surface area contributed by atoms with E-state index in [9.17, 15) is 18.0 Å². The van der Waals surface area contributed by atoms with E-state index in [0.717, 1.165) is 15.4 Å². The first kappa shape index (κ1) is 29.0. The molecule has 0 spiro atoms. The molecule has 0 radical (unpaired) electrons. The Morgan fingerprint density at radius 2 is 1.68 bits per heavy atom. The summed E-state index contributed by atoms with van der Waals surface area (Å²) in [6, 6.07) is 19.0. The molecule has 2 amide bonds. The molecule has 202 valence electrons. The van der Waals surface area contributed by atoms with Gasteiger partial charge in [0.1, 0.15) is 18.3 Å². The van der Waals surface area contributed by atoms with E-state index in [2.05, 4.69) is 5.32 Å². The van der Waals surface area contributed by atoms with Crippen molar-refractivity contribution in [2.75, 3.05) is 25.0 Å². The molecular formula is C28H32ClN3O5S. The van der Waals surface area contributed by atoms with Crippen LogP contribution in [0.25, 0.3) is 0 Å². The van der Waals surface area contributed by atoms with E-state index in [1.807, 2.05) is 6.92 Å². The minimum atomic E-state index is -4.15. The lowest BCUT2D eigenvalue weighted by atomic mass is 10.1. The Balaban J connectivity index is 2.04. The normalized spacial score (nSPS) is 11.9. The number of amides is 2. The monoisotopic (exact) mass is 557 g/mol. The highest BCUT2D eigenvalue weighted by atomic mass is 35.5. The third-order valence-electron chi connectivity index (χ3n) is 6.13. The van der Waals surface area contributed by atoms with Crippen LogP contribution < -0.4 is 14.4 Å². The van der Waals surface area contributed by atoms with Crippen molar-refractivity contribution in [2.24, 2.45) is 0 Å². The molecule has 8 nitrogen and oxygen atoms in total. The van der Waals surface area contributed by atoms with E-state index >= 15 is 0 Å². The van der Waals surface area contributed by atoms with E-state index in [0.29, 0.717) is 17.2 Å². The van der Waals surface area contributed by atoms with Gasteiger partial charge in [0.2, 0.25) is 11.8 Å². The topological polar surface area (TPSA) is 96.0 Å². The molecule has 1 atom stereocenters. The molecule has 3 aromatic rings. The van der Waals surface area contributed by atoms with Crippen molar-refractivity contribution in [1.82, 2.24) is 10.2 Å². The minimum Gasteiger partial charge on any atom is -0.497 e. The summed E-state index contributed by atoms with van der Waals surface area (Å²) in [5.41, 5.74) is 1.90. The smallest absolute Gasteiger partial charge is 0.264 e. The molecule has 3 aromatic carbocycles. The number of nitrogens with one attached hydrogen (secondary N) is 1. The van der Waals surface area contributed by atoms with Gasteiger partial charge in [-0.05, 0) is 61.4 Å². The van der Waals surface area contributed by atoms with Crippen LogP contribution in [0.1, 0.15) is 24.5 Å². The predicted molar refractivity (Wildman–Crippen MR) is 149 cm³/mol. The van der Waals surface area contributed by atoms with Crippen molar-refractivity contribution in [3.8, 4) is 5.75 Å². The molecule has 0 heterocycles. The van der Waals surface area contributed by atoms with Gasteiger partial charge < -0.3 is 15.0 Å². The van der Waals surface area contributed by atoms with Crippen molar-refractivity contribution in [3.63, 3.8) is 0 Å². The van der Waals surface area contributed by atoms with E-state index in [1.165, 1.54) is 30.1 Å². The molecule has 0 bridgehead atoms. The average Bonchev–Trinajstić information content (AvgIpc) is 2.91. The van der Waals surface area contributed by atoms with Crippen molar-refractivity contribution in [2.45, 2.75) is 37.8 Å². The van der Waals surface area contributed by atoms with Crippen LogP contribution >= 0.6 is 11.6 Å². The van der Waals surface area contributed by atoms with E-state index in [-0.39, 0.29) is 23.0 Å². The fourth-order valence-electron chi connectivity index (χ4n) is 4.01. The van der Waals surface area contributed by atoms with E-state index in [4.69, 9.17) is 16.3 Å². The van der Waals surface area contributed by atoms with Crippen LogP contribution in [0, 0.1) is 6.92 Å². The fourth-order valence-corrected chi connectivity index (χ4v) is 5.60. The number of hydrogen-bond acceptors (Lipinski definition) is 5. The van der Waals surface area contributed by atoms with Crippen molar-refractivity contribution < 1.29 is 22.7 Å². The van der Waals surface area contributed by atoms with Gasteiger partial charge in [-0.2, -0.15) is 0 Å². The maximum atomic E-state index is 13.9. The van der Waals surface area contributed by atoms with Gasteiger partial charge in [0, 0.05) is 18.6 Å². The van der Waals surface area contributed by atoms with Crippen LogP contribution in [0.2, 0.25) is 5.02 Å². The van der Waals surface area contributed by atoms with Gasteiger partial charge in [-0.15, -0.1) is 0 Å². The Morgan fingerprint density at radius 1 is 1.03 bits per heavy atom. The highest BCUT2D eigenvalue weighted by Crippen LogP contribution is 2.27. The number of likely N-dealkylation sites (N-methyl/N-ethyl adjacent to an activating group) is 1. The first-order chi connectivity index (χ1) is 18.1. The lowest BCUT2D eigenvalue weighted by molar-refractivity contribution is -0.140. The van der Waals surface area contributed by atoms with Crippen molar-refractivity contribution in [3.05, 3.63) is 88.9 Å². The number of hydrogen-bond donors (Lipinski definition) is 1. The lowest BCUT2D eigenvalue weighted by Crippen LogP contribution is -2.51. The summed E-state index contributed by atoms with van der Waals surface area (Å²) in [6.07, 6.45) is 0.337. The van der Waals surface area contributed by atoms with Crippen LogP contribution in [-0.2, 0) is 26.2 Å². The Hall–Kier alpha value is -3.56. The average molecular weight is 558 g/mol. The number of anilines is 1. The Labute approximate surface area is 229 Å². The van der Waals surface area contributed by atoms with Gasteiger partial charge in [-0.25, -0.2) is 8.42 Å². The summed E-state index contributed by atoms with van der Waals surface area (Å²) in [7, 11) is -1.09. The number of rotatable bonds is 11. The maximum absolute atomic E-state index is 13.9.